The van der Waals surface area contributed by atoms with Crippen molar-refractivity contribution in [2.24, 2.45) is 0 Å². The number of aromatic nitrogens is 1. The Balaban J connectivity index is 1.84. The third-order valence-electron chi connectivity index (χ3n) is 3.59. The molecule has 2 nitrogen and oxygen atoms in total. The first kappa shape index (κ1) is 10.6. The van der Waals surface area contributed by atoms with Gasteiger partial charge in [-0.25, -0.2) is 0 Å². The minimum atomic E-state index is 1.14. The zero-order valence-corrected chi connectivity index (χ0v) is 10.1. The van der Waals surface area contributed by atoms with Gasteiger partial charge in [0.25, 0.3) is 0 Å². The van der Waals surface area contributed by atoms with Crippen molar-refractivity contribution in [2.45, 2.75) is 25.7 Å². The SMILES string of the molecule is C1=C(c2cccnc2)CCC=C1N1CCCC1. The normalized spacial score (nSPS) is 20.1. The highest BCUT2D eigenvalue weighted by molar-refractivity contribution is 5.68. The highest BCUT2D eigenvalue weighted by atomic mass is 15.1. The predicted octanol–water partition coefficient (Wildman–Crippen LogP) is 3.24. The maximum absolute atomic E-state index is 4.21. The van der Waals surface area contributed by atoms with Gasteiger partial charge in [0.15, 0.2) is 0 Å². The number of nitrogens with zero attached hydrogens (tertiary/aromatic N) is 2. The molecule has 1 fully saturated rings. The molecule has 1 aromatic rings. The first-order chi connectivity index (χ1) is 8.43. The van der Waals surface area contributed by atoms with Crippen LogP contribution in [0.4, 0.5) is 0 Å². The zero-order valence-electron chi connectivity index (χ0n) is 10.1. The summed E-state index contributed by atoms with van der Waals surface area (Å²) in [6.07, 6.45) is 13.5. The van der Waals surface area contributed by atoms with Crippen molar-refractivity contribution in [2.75, 3.05) is 13.1 Å². The van der Waals surface area contributed by atoms with Crippen LogP contribution in [0.1, 0.15) is 31.2 Å². The van der Waals surface area contributed by atoms with Crippen molar-refractivity contribution in [3.05, 3.63) is 47.9 Å². The minimum Gasteiger partial charge on any atom is -0.372 e. The molecule has 1 saturated heterocycles. The largest absolute Gasteiger partial charge is 0.372 e. The molecular formula is C15H18N2. The fourth-order valence-electron chi connectivity index (χ4n) is 2.66. The summed E-state index contributed by atoms with van der Waals surface area (Å²) in [5, 5.41) is 0. The molecule has 0 amide bonds. The average Bonchev–Trinajstić information content (AvgIpc) is 2.94. The molecule has 0 aromatic carbocycles. The van der Waals surface area contributed by atoms with Gasteiger partial charge in [-0.1, -0.05) is 12.1 Å². The zero-order chi connectivity index (χ0) is 11.5. The van der Waals surface area contributed by atoms with Crippen LogP contribution < -0.4 is 0 Å². The topological polar surface area (TPSA) is 16.1 Å². The Hall–Kier alpha value is -1.57. The smallest absolute Gasteiger partial charge is 0.0343 e. The summed E-state index contributed by atoms with van der Waals surface area (Å²) < 4.78 is 0. The molecule has 2 heteroatoms. The van der Waals surface area contributed by atoms with E-state index < -0.39 is 0 Å². The van der Waals surface area contributed by atoms with Crippen molar-refractivity contribution >= 4 is 5.57 Å². The third kappa shape index (κ3) is 2.26. The molecule has 88 valence electrons. The van der Waals surface area contributed by atoms with Gasteiger partial charge >= 0.3 is 0 Å². The van der Waals surface area contributed by atoms with Gasteiger partial charge in [-0.05, 0) is 49.0 Å². The fraction of sp³-hybridized carbons (Fsp3) is 0.400. The van der Waals surface area contributed by atoms with Gasteiger partial charge in [-0.2, -0.15) is 0 Å². The molecule has 1 aliphatic carbocycles. The quantitative estimate of drug-likeness (QED) is 0.769. The van der Waals surface area contributed by atoms with Crippen LogP contribution in [0.5, 0.6) is 0 Å². The monoisotopic (exact) mass is 226 g/mol. The van der Waals surface area contributed by atoms with E-state index in [9.17, 15) is 0 Å². The van der Waals surface area contributed by atoms with Crippen molar-refractivity contribution in [3.63, 3.8) is 0 Å². The summed E-state index contributed by atoms with van der Waals surface area (Å²) in [5.41, 5.74) is 4.13. The maximum atomic E-state index is 4.21. The van der Waals surface area contributed by atoms with Crippen molar-refractivity contribution in [3.8, 4) is 0 Å². The van der Waals surface area contributed by atoms with Crippen LogP contribution in [0.15, 0.2) is 42.4 Å². The lowest BCUT2D eigenvalue weighted by molar-refractivity contribution is 0.437. The van der Waals surface area contributed by atoms with Gasteiger partial charge in [0, 0.05) is 31.2 Å². The molecule has 0 spiro atoms. The van der Waals surface area contributed by atoms with Gasteiger partial charge < -0.3 is 4.90 Å². The summed E-state index contributed by atoms with van der Waals surface area (Å²) in [6.45, 7) is 2.45. The van der Waals surface area contributed by atoms with Gasteiger partial charge in [-0.15, -0.1) is 0 Å². The molecule has 0 saturated carbocycles. The summed E-state index contributed by atoms with van der Waals surface area (Å²) >= 11 is 0. The van der Waals surface area contributed by atoms with Gasteiger partial charge in [0.1, 0.15) is 0 Å². The number of likely N-dealkylation sites (tertiary alicyclic amines) is 1. The van der Waals surface area contributed by atoms with Gasteiger partial charge in [0.2, 0.25) is 0 Å². The third-order valence-corrected chi connectivity index (χ3v) is 3.59. The molecule has 3 rings (SSSR count). The average molecular weight is 226 g/mol. The van der Waals surface area contributed by atoms with Crippen LogP contribution >= 0.6 is 0 Å². The highest BCUT2D eigenvalue weighted by Gasteiger charge is 2.16. The van der Waals surface area contributed by atoms with E-state index in [1.807, 2.05) is 18.5 Å². The molecule has 0 radical (unpaired) electrons. The summed E-state index contributed by atoms with van der Waals surface area (Å²) in [4.78, 5) is 6.72. The van der Waals surface area contributed by atoms with Gasteiger partial charge in [-0.3, -0.25) is 4.98 Å². The molecule has 17 heavy (non-hydrogen) atoms. The number of rotatable bonds is 2. The lowest BCUT2D eigenvalue weighted by Crippen LogP contribution is -2.18. The summed E-state index contributed by atoms with van der Waals surface area (Å²) in [7, 11) is 0. The standard InChI is InChI=1S/C15H18N2/c1-2-10-17(9-1)15-7-3-5-13(11-15)14-6-4-8-16-12-14/h4,6-8,11-12H,1-3,5,9-10H2. The summed E-state index contributed by atoms with van der Waals surface area (Å²) in [6, 6.07) is 4.18. The van der Waals surface area contributed by atoms with E-state index in [1.54, 1.807) is 0 Å². The Morgan fingerprint density at radius 1 is 1.18 bits per heavy atom. The van der Waals surface area contributed by atoms with Crippen LogP contribution in [-0.4, -0.2) is 23.0 Å². The Morgan fingerprint density at radius 3 is 2.82 bits per heavy atom. The Morgan fingerprint density at radius 2 is 2.06 bits per heavy atom. The van der Waals surface area contributed by atoms with E-state index in [0.29, 0.717) is 0 Å². The molecule has 1 aliphatic heterocycles. The summed E-state index contributed by atoms with van der Waals surface area (Å²) in [5.74, 6) is 0. The van der Waals surface area contributed by atoms with Crippen molar-refractivity contribution in [1.82, 2.24) is 9.88 Å². The number of hydrogen-bond acceptors (Lipinski definition) is 2. The second kappa shape index (κ2) is 4.74. The predicted molar refractivity (Wildman–Crippen MR) is 70.3 cm³/mol. The first-order valence-electron chi connectivity index (χ1n) is 6.49. The molecule has 2 aliphatic rings. The molecule has 0 unspecified atom stereocenters. The second-order valence-electron chi connectivity index (χ2n) is 4.77. The Kier molecular flexibility index (Phi) is 2.95. The van der Waals surface area contributed by atoms with E-state index in [-0.39, 0.29) is 0 Å². The molecule has 0 atom stereocenters. The minimum absolute atomic E-state index is 1.14. The molecule has 1 aromatic heterocycles. The van der Waals surface area contributed by atoms with E-state index >= 15 is 0 Å². The second-order valence-corrected chi connectivity index (χ2v) is 4.77. The van der Waals surface area contributed by atoms with E-state index in [1.165, 1.54) is 42.8 Å². The first-order valence-corrected chi connectivity index (χ1v) is 6.49. The lowest BCUT2D eigenvalue weighted by Gasteiger charge is -2.23. The molecule has 0 bridgehead atoms. The van der Waals surface area contributed by atoms with E-state index in [2.05, 4.69) is 28.1 Å². The Bertz CT molecular complexity index is 439. The van der Waals surface area contributed by atoms with E-state index in [4.69, 9.17) is 0 Å². The van der Waals surface area contributed by atoms with Crippen LogP contribution in [0.2, 0.25) is 0 Å². The number of hydrogen-bond donors (Lipinski definition) is 0. The lowest BCUT2D eigenvalue weighted by atomic mass is 9.97. The fourth-order valence-corrected chi connectivity index (χ4v) is 2.66. The molecule has 2 heterocycles. The molecular weight excluding hydrogens is 208 g/mol. The Labute approximate surface area is 103 Å². The molecule has 0 N–H and O–H groups in total. The highest BCUT2D eigenvalue weighted by Crippen LogP contribution is 2.28. The number of allylic oxidation sites excluding steroid dienone is 3. The van der Waals surface area contributed by atoms with E-state index in [0.717, 1.165) is 12.8 Å². The van der Waals surface area contributed by atoms with Gasteiger partial charge in [0.05, 0.1) is 0 Å². The van der Waals surface area contributed by atoms with Crippen LogP contribution in [0, 0.1) is 0 Å². The van der Waals surface area contributed by atoms with Crippen LogP contribution in [0.25, 0.3) is 5.57 Å². The van der Waals surface area contributed by atoms with Crippen molar-refractivity contribution < 1.29 is 0 Å². The maximum Gasteiger partial charge on any atom is 0.0343 e. The number of pyridine rings is 1. The van der Waals surface area contributed by atoms with Crippen molar-refractivity contribution in [1.29, 1.82) is 0 Å². The van der Waals surface area contributed by atoms with Crippen LogP contribution in [0.3, 0.4) is 0 Å². The van der Waals surface area contributed by atoms with Crippen LogP contribution in [-0.2, 0) is 0 Å².